The van der Waals surface area contributed by atoms with Crippen LogP contribution in [0.5, 0.6) is 0 Å². The second kappa shape index (κ2) is 2.27. The third kappa shape index (κ3) is 1.54. The van der Waals surface area contributed by atoms with Crippen LogP contribution in [0, 0.1) is 0 Å². The van der Waals surface area contributed by atoms with Gasteiger partial charge < -0.3 is 9.47 Å². The van der Waals surface area contributed by atoms with E-state index in [4.69, 9.17) is 0 Å². The summed E-state index contributed by atoms with van der Waals surface area (Å²) in [5, 5.41) is 0. The molecule has 11 heavy (non-hydrogen) atoms. The molecule has 0 atom stereocenters. The highest BCUT2D eigenvalue weighted by Crippen LogP contribution is 2.17. The summed E-state index contributed by atoms with van der Waals surface area (Å²) in [6.45, 7) is 2.93. The molecule has 1 fully saturated rings. The van der Waals surface area contributed by atoms with E-state index >= 15 is 0 Å². The zero-order valence-electron chi connectivity index (χ0n) is 6.04. The number of hydrogen-bond donors (Lipinski definition) is 0. The maximum absolute atomic E-state index is 10.8. The van der Waals surface area contributed by atoms with Crippen molar-refractivity contribution in [2.75, 3.05) is 0 Å². The SMILES string of the molecule is CC1(C)OC(=O)C(=S)C(=O)O1. The van der Waals surface area contributed by atoms with Gasteiger partial charge in [-0.15, -0.1) is 0 Å². The van der Waals surface area contributed by atoms with Crippen molar-refractivity contribution in [1.82, 2.24) is 0 Å². The highest BCUT2D eigenvalue weighted by atomic mass is 32.1. The smallest absolute Gasteiger partial charge is 0.360 e. The van der Waals surface area contributed by atoms with Crippen molar-refractivity contribution >= 4 is 29.0 Å². The number of esters is 2. The predicted molar refractivity (Wildman–Crippen MR) is 38.9 cm³/mol. The molecule has 1 aliphatic rings. The van der Waals surface area contributed by atoms with E-state index in [9.17, 15) is 9.59 Å². The van der Waals surface area contributed by atoms with E-state index in [0.717, 1.165) is 0 Å². The van der Waals surface area contributed by atoms with Crippen LogP contribution >= 0.6 is 12.2 Å². The van der Waals surface area contributed by atoms with Gasteiger partial charge in [0.05, 0.1) is 0 Å². The molecule has 60 valence electrons. The van der Waals surface area contributed by atoms with Crippen LogP contribution in [0.3, 0.4) is 0 Å². The monoisotopic (exact) mass is 174 g/mol. The average Bonchev–Trinajstić information content (AvgIpc) is 1.81. The third-order valence-electron chi connectivity index (χ3n) is 1.05. The first-order chi connectivity index (χ1) is 4.92. The van der Waals surface area contributed by atoms with Gasteiger partial charge in [-0.05, 0) is 0 Å². The van der Waals surface area contributed by atoms with Gasteiger partial charge in [-0.3, -0.25) is 0 Å². The molecule has 0 unspecified atom stereocenters. The molecule has 4 nitrogen and oxygen atoms in total. The van der Waals surface area contributed by atoms with Crippen LogP contribution in [0.1, 0.15) is 13.8 Å². The van der Waals surface area contributed by atoms with Crippen molar-refractivity contribution in [2.45, 2.75) is 19.6 Å². The summed E-state index contributed by atoms with van der Waals surface area (Å²) in [5.41, 5.74) is 0. The Kier molecular flexibility index (Phi) is 1.67. The molecule has 0 bridgehead atoms. The lowest BCUT2D eigenvalue weighted by molar-refractivity contribution is -0.214. The Hall–Kier alpha value is -0.970. The van der Waals surface area contributed by atoms with Crippen LogP contribution in [0.15, 0.2) is 0 Å². The van der Waals surface area contributed by atoms with Crippen molar-refractivity contribution < 1.29 is 19.1 Å². The second-order valence-corrected chi connectivity index (χ2v) is 2.92. The normalized spacial score (nSPS) is 22.5. The molecule has 1 heterocycles. The number of ether oxygens (including phenoxy) is 2. The summed E-state index contributed by atoms with van der Waals surface area (Å²) < 4.78 is 9.27. The molecular weight excluding hydrogens is 168 g/mol. The Morgan fingerprint density at radius 1 is 1.18 bits per heavy atom. The topological polar surface area (TPSA) is 52.6 Å². The molecule has 1 aliphatic heterocycles. The summed E-state index contributed by atoms with van der Waals surface area (Å²) in [7, 11) is 0. The summed E-state index contributed by atoms with van der Waals surface area (Å²) in [6, 6.07) is 0. The van der Waals surface area contributed by atoms with Gasteiger partial charge in [0.15, 0.2) is 0 Å². The highest BCUT2D eigenvalue weighted by molar-refractivity contribution is 7.83. The zero-order chi connectivity index (χ0) is 8.65. The molecular formula is C6H6O4S. The Balaban J connectivity index is 2.87. The first-order valence-corrected chi connectivity index (χ1v) is 3.34. The van der Waals surface area contributed by atoms with Crippen molar-refractivity contribution in [1.29, 1.82) is 0 Å². The van der Waals surface area contributed by atoms with Gasteiger partial charge in [-0.2, -0.15) is 0 Å². The lowest BCUT2D eigenvalue weighted by Crippen LogP contribution is -2.45. The minimum absolute atomic E-state index is 0.427. The Bertz CT molecular complexity index is 221. The van der Waals surface area contributed by atoms with Crippen LogP contribution in [0.2, 0.25) is 0 Å². The van der Waals surface area contributed by atoms with Gasteiger partial charge in [0, 0.05) is 13.8 Å². The largest absolute Gasteiger partial charge is 0.419 e. The number of hydrogen-bond acceptors (Lipinski definition) is 5. The van der Waals surface area contributed by atoms with E-state index in [2.05, 4.69) is 21.7 Å². The van der Waals surface area contributed by atoms with Gasteiger partial charge >= 0.3 is 11.9 Å². The molecule has 0 amide bonds. The standard InChI is InChI=1S/C6H6O4S/c1-6(2)9-4(7)3(11)5(8)10-6/h1-2H3. The fourth-order valence-electron chi connectivity index (χ4n) is 0.643. The molecule has 0 N–H and O–H groups in total. The number of carbonyl (C=O) groups excluding carboxylic acids is 2. The first kappa shape index (κ1) is 8.13. The Morgan fingerprint density at radius 2 is 1.55 bits per heavy atom. The minimum atomic E-state index is -1.18. The van der Waals surface area contributed by atoms with Crippen LogP contribution in [0.25, 0.3) is 0 Å². The van der Waals surface area contributed by atoms with E-state index in [0.29, 0.717) is 0 Å². The van der Waals surface area contributed by atoms with E-state index in [-0.39, 0.29) is 0 Å². The van der Waals surface area contributed by atoms with Gasteiger partial charge in [0.1, 0.15) is 0 Å². The first-order valence-electron chi connectivity index (χ1n) is 2.93. The number of carbonyl (C=O) groups is 2. The van der Waals surface area contributed by atoms with E-state index in [1.165, 1.54) is 13.8 Å². The fraction of sp³-hybridized carbons (Fsp3) is 0.500. The van der Waals surface area contributed by atoms with E-state index in [1.807, 2.05) is 0 Å². The molecule has 0 aliphatic carbocycles. The fourth-order valence-corrected chi connectivity index (χ4v) is 0.727. The van der Waals surface area contributed by atoms with Crippen LogP contribution in [-0.2, 0) is 19.1 Å². The summed E-state index contributed by atoms with van der Waals surface area (Å²) in [6.07, 6.45) is 0. The van der Waals surface area contributed by atoms with Gasteiger partial charge in [0.2, 0.25) is 4.86 Å². The minimum Gasteiger partial charge on any atom is -0.419 e. The average molecular weight is 174 g/mol. The molecule has 0 aromatic carbocycles. The maximum Gasteiger partial charge on any atom is 0.360 e. The molecule has 0 spiro atoms. The van der Waals surface area contributed by atoms with E-state index in [1.54, 1.807) is 0 Å². The summed E-state index contributed by atoms with van der Waals surface area (Å²) in [4.78, 5) is 21.1. The molecule has 0 saturated carbocycles. The Labute approximate surface area is 68.5 Å². The van der Waals surface area contributed by atoms with Gasteiger partial charge in [0.25, 0.3) is 5.79 Å². The van der Waals surface area contributed by atoms with Crippen LogP contribution in [-0.4, -0.2) is 22.6 Å². The number of cyclic esters (lactones) is 2. The van der Waals surface area contributed by atoms with Crippen molar-refractivity contribution in [2.24, 2.45) is 0 Å². The van der Waals surface area contributed by atoms with Crippen molar-refractivity contribution in [3.05, 3.63) is 0 Å². The van der Waals surface area contributed by atoms with Gasteiger partial charge in [-0.25, -0.2) is 9.59 Å². The van der Waals surface area contributed by atoms with Crippen molar-refractivity contribution in [3.8, 4) is 0 Å². The molecule has 5 heteroatoms. The number of thiocarbonyl (C=S) groups is 1. The van der Waals surface area contributed by atoms with Crippen molar-refractivity contribution in [3.63, 3.8) is 0 Å². The van der Waals surface area contributed by atoms with Crippen LogP contribution in [0.4, 0.5) is 0 Å². The van der Waals surface area contributed by atoms with Gasteiger partial charge in [-0.1, -0.05) is 12.2 Å². The summed E-state index contributed by atoms with van der Waals surface area (Å²) in [5.74, 6) is -2.77. The molecule has 0 radical (unpaired) electrons. The molecule has 0 aromatic rings. The lowest BCUT2D eigenvalue weighted by Gasteiger charge is -2.28. The highest BCUT2D eigenvalue weighted by Gasteiger charge is 2.38. The molecule has 1 rings (SSSR count). The quantitative estimate of drug-likeness (QED) is 0.387. The molecule has 0 aromatic heterocycles. The Morgan fingerprint density at radius 3 is 1.91 bits per heavy atom. The zero-order valence-corrected chi connectivity index (χ0v) is 6.86. The maximum atomic E-state index is 10.8. The summed E-state index contributed by atoms with van der Waals surface area (Å²) >= 11 is 4.40. The van der Waals surface area contributed by atoms with Crippen LogP contribution < -0.4 is 0 Å². The number of rotatable bonds is 0. The second-order valence-electron chi connectivity index (χ2n) is 2.51. The molecule has 1 saturated heterocycles. The predicted octanol–water partition coefficient (Wildman–Crippen LogP) is 0.192. The third-order valence-corrected chi connectivity index (χ3v) is 1.38. The van der Waals surface area contributed by atoms with E-state index < -0.39 is 22.6 Å². The lowest BCUT2D eigenvalue weighted by atomic mass is 10.3.